The van der Waals surface area contributed by atoms with E-state index < -0.39 is 6.04 Å². The second-order valence-electron chi connectivity index (χ2n) is 7.97. The van der Waals surface area contributed by atoms with Gasteiger partial charge in [-0.3, -0.25) is 4.79 Å². The van der Waals surface area contributed by atoms with Crippen molar-refractivity contribution in [1.82, 2.24) is 15.3 Å². The number of benzene rings is 1. The van der Waals surface area contributed by atoms with Gasteiger partial charge in [-0.05, 0) is 35.4 Å². The maximum atomic E-state index is 12.9. The molecule has 31 heavy (non-hydrogen) atoms. The highest BCUT2D eigenvalue weighted by Crippen LogP contribution is 2.29. The lowest BCUT2D eigenvalue weighted by atomic mass is 9.99. The molecular weight excluding hydrogens is 406 g/mol. The number of thioether (sulfide) groups is 1. The van der Waals surface area contributed by atoms with Crippen LogP contribution in [0.1, 0.15) is 60.0 Å². The molecule has 0 amide bonds. The smallest absolute Gasteiger partial charge is 0.186 e. The summed E-state index contributed by atoms with van der Waals surface area (Å²) in [5, 5.41) is 4.15. The number of anilines is 1. The average Bonchev–Trinajstić information content (AvgIpc) is 2.75. The summed E-state index contributed by atoms with van der Waals surface area (Å²) < 4.78 is 0. The summed E-state index contributed by atoms with van der Waals surface area (Å²) in [5.74, 6) is -0.0637. The van der Waals surface area contributed by atoms with Crippen molar-refractivity contribution in [3.63, 3.8) is 0 Å². The molecule has 0 saturated carbocycles. The third-order valence-corrected chi connectivity index (χ3v) is 6.31. The molecule has 164 valence electrons. The highest BCUT2D eigenvalue weighted by molar-refractivity contribution is 8.00. The molecule has 1 aliphatic carbocycles. The minimum atomic E-state index is -0.427. The normalized spacial score (nSPS) is 16.9. The minimum absolute atomic E-state index is 0.121. The van der Waals surface area contributed by atoms with Crippen molar-refractivity contribution < 1.29 is 4.79 Å². The summed E-state index contributed by atoms with van der Waals surface area (Å²) in [6, 6.07) is 7.51. The fraction of sp³-hybridized carbons (Fsp3) is 0.375. The van der Waals surface area contributed by atoms with Gasteiger partial charge in [-0.25, -0.2) is 9.97 Å². The van der Waals surface area contributed by atoms with Crippen LogP contribution in [0.2, 0.25) is 0 Å². The first-order valence-corrected chi connectivity index (χ1v) is 11.5. The van der Waals surface area contributed by atoms with Crippen LogP contribution in [0, 0.1) is 0 Å². The molecule has 5 N–H and O–H groups in total. The molecule has 1 aliphatic rings. The molecule has 0 fully saturated rings. The van der Waals surface area contributed by atoms with Crippen LogP contribution in [0.25, 0.3) is 5.57 Å². The van der Waals surface area contributed by atoms with Crippen LogP contribution in [-0.4, -0.2) is 33.3 Å². The molecule has 0 bridgehead atoms. The molecule has 2 atom stereocenters. The molecule has 6 nitrogen and oxygen atoms in total. The molecule has 0 aliphatic heterocycles. The van der Waals surface area contributed by atoms with E-state index in [9.17, 15) is 4.79 Å². The van der Waals surface area contributed by atoms with Crippen LogP contribution < -0.4 is 16.8 Å². The quantitative estimate of drug-likeness (QED) is 0.511. The Balaban J connectivity index is 1.70. The van der Waals surface area contributed by atoms with Crippen LogP contribution in [0.5, 0.6) is 0 Å². The molecule has 1 aromatic carbocycles. The molecule has 0 saturated heterocycles. The Morgan fingerprint density at radius 1 is 1.29 bits per heavy atom. The predicted molar refractivity (Wildman–Crippen MR) is 130 cm³/mol. The number of hydrogen-bond donors (Lipinski definition) is 3. The fourth-order valence-electron chi connectivity index (χ4n) is 3.48. The Morgan fingerprint density at radius 2 is 2.03 bits per heavy atom. The number of nitrogens with two attached hydrogens (primary N) is 2. The van der Waals surface area contributed by atoms with Crippen molar-refractivity contribution >= 4 is 28.9 Å². The first-order valence-electron chi connectivity index (χ1n) is 10.6. The maximum Gasteiger partial charge on any atom is 0.186 e. The molecule has 1 heterocycles. The summed E-state index contributed by atoms with van der Waals surface area (Å²) in [4.78, 5) is 21.7. The van der Waals surface area contributed by atoms with Gasteiger partial charge in [0.05, 0.1) is 11.9 Å². The van der Waals surface area contributed by atoms with Gasteiger partial charge in [0.1, 0.15) is 5.69 Å². The zero-order chi connectivity index (χ0) is 22.4. The number of carbonyl (C=O) groups excluding carboxylic acids is 1. The van der Waals surface area contributed by atoms with Gasteiger partial charge in [0.2, 0.25) is 0 Å². The Morgan fingerprint density at radius 3 is 2.65 bits per heavy atom. The lowest BCUT2D eigenvalue weighted by molar-refractivity contribution is 0.0970. The monoisotopic (exact) mass is 437 g/mol. The number of hydrogen-bond acceptors (Lipinski definition) is 7. The molecule has 0 spiro atoms. The van der Waals surface area contributed by atoms with Gasteiger partial charge in [0.25, 0.3) is 0 Å². The molecule has 7 heteroatoms. The zero-order valence-corrected chi connectivity index (χ0v) is 19.2. The number of ketones is 1. The number of carbonyl (C=O) groups is 1. The number of allylic oxidation sites excluding steroid dienone is 3. The Hall–Kier alpha value is -2.48. The average molecular weight is 438 g/mol. The van der Waals surface area contributed by atoms with Crippen LogP contribution >= 0.6 is 11.8 Å². The minimum Gasteiger partial charge on any atom is -0.382 e. The van der Waals surface area contributed by atoms with Crippen LogP contribution in [0.3, 0.4) is 0 Å². The lowest BCUT2D eigenvalue weighted by Gasteiger charge is -2.18. The van der Waals surface area contributed by atoms with Gasteiger partial charge in [0, 0.05) is 24.3 Å². The second-order valence-corrected chi connectivity index (χ2v) is 9.79. The largest absolute Gasteiger partial charge is 0.382 e. The van der Waals surface area contributed by atoms with Crippen molar-refractivity contribution in [2.45, 2.75) is 49.8 Å². The van der Waals surface area contributed by atoms with E-state index in [1.165, 1.54) is 0 Å². The van der Waals surface area contributed by atoms with Gasteiger partial charge in [0.15, 0.2) is 11.6 Å². The molecule has 2 aromatic rings. The highest BCUT2D eigenvalue weighted by atomic mass is 32.2. The third-order valence-electron chi connectivity index (χ3n) is 5.06. The first kappa shape index (κ1) is 23.2. The zero-order valence-electron chi connectivity index (χ0n) is 18.3. The third kappa shape index (κ3) is 6.26. The Bertz CT molecular complexity index is 968. The molecule has 0 radical (unpaired) electrons. The SMILES string of the molecule is CNCc1ccc(C(N)CC(=O)c2nc(C3=CCC(SC(C)C)C=C3)cnc2N)cc1. The van der Waals surface area contributed by atoms with Gasteiger partial charge in [-0.2, -0.15) is 11.8 Å². The molecule has 3 rings (SSSR count). The number of nitrogen functional groups attached to an aromatic ring is 1. The van der Waals surface area contributed by atoms with E-state index in [0.29, 0.717) is 16.2 Å². The number of Topliss-reactive ketones (excluding diaryl/α,β-unsaturated/α-hetero) is 1. The summed E-state index contributed by atoms with van der Waals surface area (Å²) in [7, 11) is 1.90. The molecule has 2 unspecified atom stereocenters. The van der Waals surface area contributed by atoms with Crippen molar-refractivity contribution in [1.29, 1.82) is 0 Å². The highest BCUT2D eigenvalue weighted by Gasteiger charge is 2.20. The van der Waals surface area contributed by atoms with E-state index in [2.05, 4.69) is 47.4 Å². The van der Waals surface area contributed by atoms with E-state index in [4.69, 9.17) is 11.5 Å². The first-order chi connectivity index (χ1) is 14.9. The van der Waals surface area contributed by atoms with E-state index >= 15 is 0 Å². The maximum absolute atomic E-state index is 12.9. The number of rotatable bonds is 9. The second kappa shape index (κ2) is 10.7. The van der Waals surface area contributed by atoms with Gasteiger partial charge < -0.3 is 16.8 Å². The topological polar surface area (TPSA) is 107 Å². The predicted octanol–water partition coefficient (Wildman–Crippen LogP) is 3.90. The van der Waals surface area contributed by atoms with E-state index in [-0.39, 0.29) is 23.7 Å². The lowest BCUT2D eigenvalue weighted by Crippen LogP contribution is -2.18. The summed E-state index contributed by atoms with van der Waals surface area (Å²) in [6.45, 7) is 5.18. The fourth-order valence-corrected chi connectivity index (χ4v) is 4.56. The Kier molecular flexibility index (Phi) is 8.01. The summed E-state index contributed by atoms with van der Waals surface area (Å²) >= 11 is 1.93. The van der Waals surface area contributed by atoms with Crippen LogP contribution in [-0.2, 0) is 6.54 Å². The van der Waals surface area contributed by atoms with Crippen molar-refractivity contribution in [2.75, 3.05) is 12.8 Å². The van der Waals surface area contributed by atoms with Gasteiger partial charge in [-0.1, -0.05) is 56.3 Å². The van der Waals surface area contributed by atoms with Crippen molar-refractivity contribution in [2.24, 2.45) is 5.73 Å². The standard InChI is InChI=1S/C24H31N5OS/c1-15(2)31-19-10-8-18(9-11-19)21-14-28-24(26)23(29-21)22(30)12-20(25)17-6-4-16(5-7-17)13-27-3/h4-10,14-15,19-20,27H,11-13,25H2,1-3H3,(H2,26,28). The van der Waals surface area contributed by atoms with E-state index in [1.807, 2.05) is 43.1 Å². The van der Waals surface area contributed by atoms with E-state index in [1.54, 1.807) is 6.20 Å². The summed E-state index contributed by atoms with van der Waals surface area (Å²) in [6.07, 6.45) is 9.06. The van der Waals surface area contributed by atoms with Crippen LogP contribution in [0.4, 0.5) is 5.82 Å². The molecular formula is C24H31N5OS. The van der Waals surface area contributed by atoms with Crippen LogP contribution in [0.15, 0.2) is 48.7 Å². The van der Waals surface area contributed by atoms with E-state index in [0.717, 1.165) is 29.7 Å². The number of nitrogens with zero attached hydrogens (tertiary/aromatic N) is 2. The number of nitrogens with one attached hydrogen (secondary N) is 1. The molecule has 1 aromatic heterocycles. The van der Waals surface area contributed by atoms with Crippen molar-refractivity contribution in [3.05, 3.63) is 71.2 Å². The van der Waals surface area contributed by atoms with Gasteiger partial charge >= 0.3 is 0 Å². The number of aromatic nitrogens is 2. The Labute approximate surface area is 188 Å². The summed E-state index contributed by atoms with van der Waals surface area (Å²) in [5.41, 5.74) is 16.2. The van der Waals surface area contributed by atoms with Gasteiger partial charge in [-0.15, -0.1) is 0 Å². The van der Waals surface area contributed by atoms with Crippen molar-refractivity contribution in [3.8, 4) is 0 Å².